The number of aliphatic hydroxyl groups is 1. The molecule has 1 atom stereocenters. The summed E-state index contributed by atoms with van der Waals surface area (Å²) in [5.74, 6) is -1.40. The molecule has 8 nitrogen and oxygen atoms in total. The van der Waals surface area contributed by atoms with Gasteiger partial charge < -0.3 is 14.7 Å². The van der Waals surface area contributed by atoms with Crippen molar-refractivity contribution in [3.05, 3.63) is 63.7 Å². The van der Waals surface area contributed by atoms with Crippen LogP contribution in [0.1, 0.15) is 28.7 Å². The lowest BCUT2D eigenvalue weighted by atomic mass is 10.0. The first-order chi connectivity index (χ1) is 16.1. The second kappa shape index (κ2) is 9.09. The Hall–Kier alpha value is -3.01. The van der Waals surface area contributed by atoms with Gasteiger partial charge in [0, 0.05) is 37.3 Å². The van der Waals surface area contributed by atoms with Crippen molar-refractivity contribution in [3.8, 4) is 0 Å². The Balaban J connectivity index is 1.51. The van der Waals surface area contributed by atoms with Crippen LogP contribution in [-0.4, -0.2) is 75.4 Å². The van der Waals surface area contributed by atoms with E-state index in [1.165, 1.54) is 11.3 Å². The molecule has 5 heterocycles. The van der Waals surface area contributed by atoms with Crippen molar-refractivity contribution in [1.82, 2.24) is 19.2 Å². The number of aryl methyl sites for hydroxylation is 1. The average Bonchev–Trinajstić information content (AvgIpc) is 3.52. The summed E-state index contributed by atoms with van der Waals surface area (Å²) >= 11 is 1.48. The first-order valence-corrected chi connectivity index (χ1v) is 12.0. The quantitative estimate of drug-likeness (QED) is 0.342. The van der Waals surface area contributed by atoms with Crippen molar-refractivity contribution in [2.75, 3.05) is 39.4 Å². The zero-order chi connectivity index (χ0) is 22.9. The molecule has 0 saturated carbocycles. The molecule has 0 unspecified atom stereocenters. The Labute approximate surface area is 195 Å². The maximum atomic E-state index is 13.2. The molecule has 2 saturated heterocycles. The Morgan fingerprint density at radius 2 is 2.00 bits per heavy atom. The van der Waals surface area contributed by atoms with E-state index in [0.717, 1.165) is 44.1 Å². The minimum absolute atomic E-state index is 0.127. The molecule has 1 N–H and O–H groups in total. The lowest BCUT2D eigenvalue weighted by molar-refractivity contribution is -0.140. The van der Waals surface area contributed by atoms with Crippen molar-refractivity contribution in [1.29, 1.82) is 0 Å². The number of aliphatic hydroxyl groups excluding tert-OH is 1. The number of aromatic nitrogens is 2. The molecule has 172 valence electrons. The van der Waals surface area contributed by atoms with E-state index in [1.54, 1.807) is 22.4 Å². The molecular weight excluding hydrogens is 440 g/mol. The zero-order valence-electron chi connectivity index (χ0n) is 18.4. The molecule has 2 aliphatic rings. The SMILES string of the molecule is Cc1nc2ccccn2c1/C(O)=C1\C(=O)C(=O)N(CCCN2CCOCC2)[C@@H]1c1cccs1. The number of amides is 1. The van der Waals surface area contributed by atoms with Crippen LogP contribution < -0.4 is 0 Å². The average molecular weight is 467 g/mol. The zero-order valence-corrected chi connectivity index (χ0v) is 19.3. The first-order valence-electron chi connectivity index (χ1n) is 11.1. The maximum Gasteiger partial charge on any atom is 0.295 e. The predicted octanol–water partition coefficient (Wildman–Crippen LogP) is 2.85. The van der Waals surface area contributed by atoms with Crippen LogP contribution in [0.5, 0.6) is 0 Å². The molecule has 1 amide bonds. The van der Waals surface area contributed by atoms with Gasteiger partial charge in [-0.3, -0.25) is 18.9 Å². The first kappa shape index (κ1) is 21.8. The van der Waals surface area contributed by atoms with Gasteiger partial charge in [-0.1, -0.05) is 12.1 Å². The third-order valence-electron chi connectivity index (χ3n) is 6.26. The number of fused-ring (bicyclic) bond motifs is 1. The minimum atomic E-state index is -0.650. The summed E-state index contributed by atoms with van der Waals surface area (Å²) in [6.45, 7) is 6.25. The lowest BCUT2D eigenvalue weighted by Crippen LogP contribution is -2.38. The highest BCUT2D eigenvalue weighted by Gasteiger charge is 2.46. The van der Waals surface area contributed by atoms with Crippen LogP contribution in [0.25, 0.3) is 11.4 Å². The molecule has 0 bridgehead atoms. The standard InChI is InChI=1S/C24H26N4O4S/c1-16-20(27-9-3-2-7-18(27)25-16)22(29)19-21(17-6-4-15-33-17)28(24(31)23(19)30)10-5-8-26-11-13-32-14-12-26/h2-4,6-7,9,15,21,29H,5,8,10-14H2,1H3/b22-19+/t21-/m1/s1. The summed E-state index contributed by atoms with van der Waals surface area (Å²) < 4.78 is 7.15. The number of likely N-dealkylation sites (tertiary alicyclic amines) is 1. The van der Waals surface area contributed by atoms with E-state index in [4.69, 9.17) is 4.74 Å². The minimum Gasteiger partial charge on any atom is -0.505 e. The number of thiophene rings is 1. The summed E-state index contributed by atoms with van der Waals surface area (Å²) in [7, 11) is 0. The fourth-order valence-electron chi connectivity index (χ4n) is 4.67. The van der Waals surface area contributed by atoms with Crippen molar-refractivity contribution >= 4 is 34.4 Å². The van der Waals surface area contributed by atoms with Crippen LogP contribution in [0.4, 0.5) is 0 Å². The summed E-state index contributed by atoms with van der Waals surface area (Å²) in [6.07, 6.45) is 2.53. The van der Waals surface area contributed by atoms with E-state index in [1.807, 2.05) is 35.7 Å². The van der Waals surface area contributed by atoms with Gasteiger partial charge in [-0.05, 0) is 36.9 Å². The van der Waals surface area contributed by atoms with Crippen LogP contribution in [0.2, 0.25) is 0 Å². The number of imidazole rings is 1. The number of morpholine rings is 1. The van der Waals surface area contributed by atoms with Crippen molar-refractivity contribution in [2.24, 2.45) is 0 Å². The largest absolute Gasteiger partial charge is 0.505 e. The second-order valence-electron chi connectivity index (χ2n) is 8.29. The topological polar surface area (TPSA) is 87.4 Å². The fraction of sp³-hybridized carbons (Fsp3) is 0.375. The van der Waals surface area contributed by atoms with E-state index in [2.05, 4.69) is 9.88 Å². The number of carbonyl (C=O) groups is 2. The number of carbonyl (C=O) groups excluding carboxylic acids is 2. The van der Waals surface area contributed by atoms with Gasteiger partial charge in [-0.2, -0.15) is 0 Å². The molecule has 0 aromatic carbocycles. The maximum absolute atomic E-state index is 13.2. The number of pyridine rings is 1. The third kappa shape index (κ3) is 3.96. The van der Waals surface area contributed by atoms with Crippen molar-refractivity contribution in [2.45, 2.75) is 19.4 Å². The number of rotatable bonds is 6. The van der Waals surface area contributed by atoms with Crippen molar-refractivity contribution < 1.29 is 19.4 Å². The van der Waals surface area contributed by atoms with E-state index in [9.17, 15) is 14.7 Å². The number of ketones is 1. The summed E-state index contributed by atoms with van der Waals surface area (Å²) in [5, 5.41) is 13.3. The van der Waals surface area contributed by atoms with Gasteiger partial charge in [-0.25, -0.2) is 4.98 Å². The molecule has 5 rings (SSSR count). The summed E-state index contributed by atoms with van der Waals surface area (Å²) in [5.41, 5.74) is 1.84. The molecule has 2 fully saturated rings. The number of hydrogen-bond acceptors (Lipinski definition) is 7. The van der Waals surface area contributed by atoms with E-state index in [0.29, 0.717) is 23.6 Å². The molecule has 3 aromatic rings. The molecule has 0 aliphatic carbocycles. The predicted molar refractivity (Wildman–Crippen MR) is 125 cm³/mol. The van der Waals surface area contributed by atoms with E-state index in [-0.39, 0.29) is 11.3 Å². The van der Waals surface area contributed by atoms with Crippen LogP contribution in [-0.2, 0) is 14.3 Å². The van der Waals surface area contributed by atoms with Gasteiger partial charge in [0.2, 0.25) is 0 Å². The smallest absolute Gasteiger partial charge is 0.295 e. The molecule has 9 heteroatoms. The Bertz CT molecular complexity index is 1210. The monoisotopic (exact) mass is 466 g/mol. The normalized spacial score (nSPS) is 21.4. The van der Waals surface area contributed by atoms with Gasteiger partial charge in [-0.15, -0.1) is 11.3 Å². The molecular formula is C24H26N4O4S. The number of ether oxygens (including phenoxy) is 1. The Morgan fingerprint density at radius 3 is 2.76 bits per heavy atom. The summed E-state index contributed by atoms with van der Waals surface area (Å²) in [4.78, 5) is 35.6. The molecule has 33 heavy (non-hydrogen) atoms. The second-order valence-corrected chi connectivity index (χ2v) is 9.27. The van der Waals surface area contributed by atoms with Crippen molar-refractivity contribution in [3.63, 3.8) is 0 Å². The van der Waals surface area contributed by atoms with Gasteiger partial charge >= 0.3 is 0 Å². The highest BCUT2D eigenvalue weighted by Crippen LogP contribution is 2.41. The van der Waals surface area contributed by atoms with Gasteiger partial charge in [0.05, 0.1) is 30.5 Å². The lowest BCUT2D eigenvalue weighted by Gasteiger charge is -2.28. The van der Waals surface area contributed by atoms with Gasteiger partial charge in [0.15, 0.2) is 5.76 Å². The number of nitrogens with zero attached hydrogens (tertiary/aromatic N) is 4. The number of Topliss-reactive ketones (excluding diaryl/α,β-unsaturated/α-hetero) is 1. The molecule has 0 radical (unpaired) electrons. The van der Waals surface area contributed by atoms with Crippen LogP contribution in [0.15, 0.2) is 47.5 Å². The highest BCUT2D eigenvalue weighted by atomic mass is 32.1. The fourth-order valence-corrected chi connectivity index (χ4v) is 5.51. The third-order valence-corrected chi connectivity index (χ3v) is 7.18. The van der Waals surface area contributed by atoms with E-state index < -0.39 is 17.7 Å². The van der Waals surface area contributed by atoms with Gasteiger partial charge in [0.1, 0.15) is 11.3 Å². The van der Waals surface area contributed by atoms with Crippen LogP contribution in [0, 0.1) is 6.92 Å². The molecule has 0 spiro atoms. The Morgan fingerprint density at radius 1 is 1.18 bits per heavy atom. The van der Waals surface area contributed by atoms with E-state index >= 15 is 0 Å². The van der Waals surface area contributed by atoms with Crippen LogP contribution >= 0.6 is 11.3 Å². The number of hydrogen-bond donors (Lipinski definition) is 1. The highest BCUT2D eigenvalue weighted by molar-refractivity contribution is 7.10. The van der Waals surface area contributed by atoms with Gasteiger partial charge in [0.25, 0.3) is 11.7 Å². The van der Waals surface area contributed by atoms with Crippen LogP contribution in [0.3, 0.4) is 0 Å². The Kier molecular flexibility index (Phi) is 6.01. The molecule has 2 aliphatic heterocycles. The molecule has 3 aromatic heterocycles. The summed E-state index contributed by atoms with van der Waals surface area (Å²) in [6, 6.07) is 8.74.